The molecular weight excluding hydrogens is 132 g/mol. The third kappa shape index (κ3) is 5.64. The van der Waals surface area contributed by atoms with Crippen LogP contribution in [0.2, 0.25) is 0 Å². The Morgan fingerprint density at radius 2 is 2.33 bits per heavy atom. The van der Waals surface area contributed by atoms with E-state index in [9.17, 15) is 0 Å². The number of hydrogen-bond donors (Lipinski definition) is 0. The SMILES string of the molecule is C=CCC/C(C)=C\CCl. The van der Waals surface area contributed by atoms with Crippen molar-refractivity contribution in [2.75, 3.05) is 5.88 Å². The first-order chi connectivity index (χ1) is 4.31. The van der Waals surface area contributed by atoms with Gasteiger partial charge in [-0.25, -0.2) is 0 Å². The molecule has 0 aromatic carbocycles. The summed E-state index contributed by atoms with van der Waals surface area (Å²) in [5, 5.41) is 0. The van der Waals surface area contributed by atoms with Crippen molar-refractivity contribution >= 4 is 11.6 Å². The fourth-order valence-corrected chi connectivity index (χ4v) is 0.827. The van der Waals surface area contributed by atoms with Crippen LogP contribution in [0.15, 0.2) is 24.3 Å². The molecule has 0 unspecified atom stereocenters. The van der Waals surface area contributed by atoms with Crippen LogP contribution in [-0.2, 0) is 0 Å². The number of hydrogen-bond acceptors (Lipinski definition) is 0. The summed E-state index contributed by atoms with van der Waals surface area (Å²) in [4.78, 5) is 0. The molecule has 0 radical (unpaired) electrons. The largest absolute Gasteiger partial charge is 0.122 e. The zero-order chi connectivity index (χ0) is 7.11. The third-order valence-electron chi connectivity index (χ3n) is 1.17. The van der Waals surface area contributed by atoms with Crippen LogP contribution >= 0.6 is 11.6 Å². The standard InChI is InChI=1S/C8H13Cl/c1-3-4-5-8(2)6-7-9/h3,6H,1,4-5,7H2,2H3/b8-6-. The molecule has 0 saturated carbocycles. The Bertz CT molecular complexity index is 103. The first kappa shape index (κ1) is 8.77. The highest BCUT2D eigenvalue weighted by molar-refractivity contribution is 6.18. The van der Waals surface area contributed by atoms with Crippen molar-refractivity contribution in [2.24, 2.45) is 0 Å². The summed E-state index contributed by atoms with van der Waals surface area (Å²) in [6.45, 7) is 5.72. The van der Waals surface area contributed by atoms with Gasteiger partial charge < -0.3 is 0 Å². The first-order valence-corrected chi connectivity index (χ1v) is 3.67. The lowest BCUT2D eigenvalue weighted by molar-refractivity contribution is 0.977. The van der Waals surface area contributed by atoms with E-state index in [4.69, 9.17) is 11.6 Å². The molecule has 0 bridgehead atoms. The van der Waals surface area contributed by atoms with E-state index < -0.39 is 0 Å². The third-order valence-corrected chi connectivity index (χ3v) is 1.32. The van der Waals surface area contributed by atoms with E-state index >= 15 is 0 Å². The quantitative estimate of drug-likeness (QED) is 0.420. The number of rotatable bonds is 4. The molecule has 0 amide bonds. The summed E-state index contributed by atoms with van der Waals surface area (Å²) in [6, 6.07) is 0. The summed E-state index contributed by atoms with van der Waals surface area (Å²) in [6.07, 6.45) is 6.10. The molecule has 0 heterocycles. The Morgan fingerprint density at radius 3 is 2.78 bits per heavy atom. The van der Waals surface area contributed by atoms with Gasteiger partial charge in [0.25, 0.3) is 0 Å². The van der Waals surface area contributed by atoms with Gasteiger partial charge in [-0.05, 0) is 19.8 Å². The highest BCUT2D eigenvalue weighted by Gasteiger charge is 1.84. The van der Waals surface area contributed by atoms with Crippen molar-refractivity contribution in [3.63, 3.8) is 0 Å². The lowest BCUT2D eigenvalue weighted by Gasteiger charge is -1.93. The van der Waals surface area contributed by atoms with Crippen molar-refractivity contribution in [3.05, 3.63) is 24.3 Å². The number of allylic oxidation sites excluding steroid dienone is 3. The van der Waals surface area contributed by atoms with Crippen molar-refractivity contribution in [2.45, 2.75) is 19.8 Å². The van der Waals surface area contributed by atoms with E-state index in [-0.39, 0.29) is 0 Å². The molecule has 0 spiro atoms. The molecule has 0 aromatic rings. The molecule has 9 heavy (non-hydrogen) atoms. The van der Waals surface area contributed by atoms with Crippen molar-refractivity contribution in [1.82, 2.24) is 0 Å². The summed E-state index contributed by atoms with van der Waals surface area (Å²) in [5.74, 6) is 0.628. The van der Waals surface area contributed by atoms with Gasteiger partial charge in [0.1, 0.15) is 0 Å². The van der Waals surface area contributed by atoms with Gasteiger partial charge in [-0.3, -0.25) is 0 Å². The minimum atomic E-state index is 0.628. The average Bonchev–Trinajstić information content (AvgIpc) is 1.85. The van der Waals surface area contributed by atoms with Crippen molar-refractivity contribution < 1.29 is 0 Å². The predicted octanol–water partition coefficient (Wildman–Crippen LogP) is 3.14. The molecule has 0 aliphatic heterocycles. The molecule has 52 valence electrons. The molecule has 0 rings (SSSR count). The Labute approximate surface area is 62.2 Å². The zero-order valence-electron chi connectivity index (χ0n) is 5.86. The number of alkyl halides is 1. The van der Waals surface area contributed by atoms with Crippen LogP contribution in [0.25, 0.3) is 0 Å². The second-order valence-electron chi connectivity index (χ2n) is 2.03. The smallest absolute Gasteiger partial charge is 0.0406 e. The Kier molecular flexibility index (Phi) is 5.75. The highest BCUT2D eigenvalue weighted by Crippen LogP contribution is 2.03. The van der Waals surface area contributed by atoms with Crippen LogP contribution < -0.4 is 0 Å². The Balaban J connectivity index is 3.36. The fraction of sp³-hybridized carbons (Fsp3) is 0.500. The zero-order valence-corrected chi connectivity index (χ0v) is 6.62. The lowest BCUT2D eigenvalue weighted by atomic mass is 10.1. The van der Waals surface area contributed by atoms with E-state index in [2.05, 4.69) is 13.5 Å². The molecule has 0 aromatic heterocycles. The average molecular weight is 145 g/mol. The summed E-state index contributed by atoms with van der Waals surface area (Å²) in [7, 11) is 0. The van der Waals surface area contributed by atoms with Crippen LogP contribution in [0, 0.1) is 0 Å². The van der Waals surface area contributed by atoms with Crippen LogP contribution in [0.4, 0.5) is 0 Å². The van der Waals surface area contributed by atoms with Gasteiger partial charge in [-0.1, -0.05) is 17.7 Å². The van der Waals surface area contributed by atoms with Crippen LogP contribution in [-0.4, -0.2) is 5.88 Å². The van der Waals surface area contributed by atoms with Gasteiger partial charge in [0.05, 0.1) is 0 Å². The number of halogens is 1. The summed E-state index contributed by atoms with van der Waals surface area (Å²) < 4.78 is 0. The van der Waals surface area contributed by atoms with Gasteiger partial charge in [0, 0.05) is 5.88 Å². The van der Waals surface area contributed by atoms with E-state index in [1.165, 1.54) is 5.57 Å². The van der Waals surface area contributed by atoms with Gasteiger partial charge >= 0.3 is 0 Å². The van der Waals surface area contributed by atoms with Gasteiger partial charge in [-0.2, -0.15) is 0 Å². The van der Waals surface area contributed by atoms with Crippen LogP contribution in [0.3, 0.4) is 0 Å². The van der Waals surface area contributed by atoms with E-state index in [0.717, 1.165) is 12.8 Å². The monoisotopic (exact) mass is 144 g/mol. The second-order valence-corrected chi connectivity index (χ2v) is 2.34. The van der Waals surface area contributed by atoms with E-state index in [1.807, 2.05) is 12.2 Å². The van der Waals surface area contributed by atoms with Gasteiger partial charge in [-0.15, -0.1) is 18.2 Å². The minimum absolute atomic E-state index is 0.628. The van der Waals surface area contributed by atoms with Crippen molar-refractivity contribution in [1.29, 1.82) is 0 Å². The summed E-state index contributed by atoms with van der Waals surface area (Å²) in [5.41, 5.74) is 1.35. The Morgan fingerprint density at radius 1 is 1.67 bits per heavy atom. The molecule has 0 atom stereocenters. The Hall–Kier alpha value is -0.230. The van der Waals surface area contributed by atoms with Crippen molar-refractivity contribution in [3.8, 4) is 0 Å². The maximum absolute atomic E-state index is 5.47. The van der Waals surface area contributed by atoms with Gasteiger partial charge in [0.15, 0.2) is 0 Å². The molecule has 0 aliphatic carbocycles. The predicted molar refractivity (Wildman–Crippen MR) is 43.9 cm³/mol. The maximum Gasteiger partial charge on any atom is 0.0406 e. The molecular formula is C8H13Cl. The fourth-order valence-electron chi connectivity index (χ4n) is 0.564. The molecule has 1 heteroatoms. The van der Waals surface area contributed by atoms with Crippen LogP contribution in [0.1, 0.15) is 19.8 Å². The van der Waals surface area contributed by atoms with E-state index in [1.54, 1.807) is 0 Å². The minimum Gasteiger partial charge on any atom is -0.122 e. The molecule has 0 nitrogen and oxygen atoms in total. The molecule has 0 fully saturated rings. The normalized spacial score (nSPS) is 11.6. The van der Waals surface area contributed by atoms with Gasteiger partial charge in [0.2, 0.25) is 0 Å². The maximum atomic E-state index is 5.47. The lowest BCUT2D eigenvalue weighted by Crippen LogP contribution is -1.75. The molecule has 0 N–H and O–H groups in total. The van der Waals surface area contributed by atoms with Crippen LogP contribution in [0.5, 0.6) is 0 Å². The summed E-state index contributed by atoms with van der Waals surface area (Å²) >= 11 is 5.47. The molecule has 0 saturated heterocycles. The highest BCUT2D eigenvalue weighted by atomic mass is 35.5. The van der Waals surface area contributed by atoms with E-state index in [0.29, 0.717) is 5.88 Å². The molecule has 0 aliphatic rings. The second kappa shape index (κ2) is 5.90. The topological polar surface area (TPSA) is 0 Å². The first-order valence-electron chi connectivity index (χ1n) is 3.13.